The molecule has 27 heavy (non-hydrogen) atoms. The summed E-state index contributed by atoms with van der Waals surface area (Å²) in [4.78, 5) is 37.8. The van der Waals surface area contributed by atoms with Gasteiger partial charge in [-0.25, -0.2) is 0 Å². The van der Waals surface area contributed by atoms with Gasteiger partial charge in [0.2, 0.25) is 0 Å². The van der Waals surface area contributed by atoms with Gasteiger partial charge in [0.25, 0.3) is 11.1 Å². The van der Waals surface area contributed by atoms with Crippen LogP contribution in [-0.4, -0.2) is 35.2 Å². The molecule has 0 atom stereocenters. The zero-order valence-corrected chi connectivity index (χ0v) is 16.5. The third-order valence-corrected chi connectivity index (χ3v) is 5.46. The topological polar surface area (TPSA) is 76.8 Å². The Balaban J connectivity index is 1.69. The van der Waals surface area contributed by atoms with Crippen molar-refractivity contribution in [2.45, 2.75) is 16.9 Å². The highest BCUT2D eigenvalue weighted by Gasteiger charge is 2.36. The van der Waals surface area contributed by atoms with E-state index in [9.17, 15) is 14.4 Å². The molecule has 1 aliphatic heterocycles. The molecule has 1 aromatic carbocycles. The number of esters is 1. The van der Waals surface area contributed by atoms with Crippen molar-refractivity contribution in [3.05, 3.63) is 52.1 Å². The first-order valence-corrected chi connectivity index (χ1v) is 9.91. The Kier molecular flexibility index (Phi) is 6.30. The van der Waals surface area contributed by atoms with E-state index in [-0.39, 0.29) is 11.5 Å². The van der Waals surface area contributed by atoms with E-state index in [1.54, 1.807) is 31.2 Å². The molecule has 1 aromatic heterocycles. The molecule has 0 unspecified atom stereocenters. The number of nitrogens with zero attached hydrogens (tertiary/aromatic N) is 1. The second-order valence-corrected chi connectivity index (χ2v) is 7.79. The maximum Gasteiger partial charge on any atom is 0.326 e. The summed E-state index contributed by atoms with van der Waals surface area (Å²) in [7, 11) is 0. The molecule has 0 N–H and O–H groups in total. The molecule has 2 aromatic rings. The van der Waals surface area contributed by atoms with Crippen LogP contribution in [0.1, 0.15) is 12.7 Å². The molecule has 3 rings (SSSR count). The average molecular weight is 424 g/mol. The maximum absolute atomic E-state index is 12.3. The van der Waals surface area contributed by atoms with E-state index in [0.29, 0.717) is 15.9 Å². The zero-order chi connectivity index (χ0) is 19.4. The van der Waals surface area contributed by atoms with E-state index >= 15 is 0 Å². The molecule has 9 heteroatoms. The lowest BCUT2D eigenvalue weighted by Crippen LogP contribution is -2.34. The lowest BCUT2D eigenvalue weighted by Gasteiger charge is -2.10. The van der Waals surface area contributed by atoms with Crippen LogP contribution < -0.4 is 0 Å². The molecule has 0 saturated carbocycles. The van der Waals surface area contributed by atoms with Crippen molar-refractivity contribution < 1.29 is 23.5 Å². The van der Waals surface area contributed by atoms with Crippen LogP contribution in [0.5, 0.6) is 0 Å². The average Bonchev–Trinajstić information content (AvgIpc) is 3.17. The van der Waals surface area contributed by atoms with Crippen LogP contribution in [0, 0.1) is 0 Å². The van der Waals surface area contributed by atoms with Crippen LogP contribution in [0.3, 0.4) is 0 Å². The van der Waals surface area contributed by atoms with Crippen LogP contribution >= 0.6 is 35.1 Å². The molecule has 0 aliphatic carbocycles. The normalized spacial score (nSPS) is 15.6. The molecular formula is C18H14ClNO5S2. The zero-order valence-electron chi connectivity index (χ0n) is 14.1. The number of furan rings is 1. The number of amides is 2. The standard InChI is InChI=1S/C18H14ClNO5S2/c1-2-24-15(21)10-20-17(22)14(27-18(20)23)9-12-5-8-16(25-12)26-13-6-3-11(19)4-7-13/h3-9H,2,10H2,1H3/b14-9-. The Morgan fingerprint density at radius 1 is 1.26 bits per heavy atom. The second kappa shape index (κ2) is 8.69. The number of imide groups is 1. The number of thioether (sulfide) groups is 1. The molecule has 2 amide bonds. The van der Waals surface area contributed by atoms with E-state index in [4.69, 9.17) is 20.8 Å². The first kappa shape index (κ1) is 19.6. The highest BCUT2D eigenvalue weighted by atomic mass is 35.5. The summed E-state index contributed by atoms with van der Waals surface area (Å²) in [6.45, 7) is 1.44. The van der Waals surface area contributed by atoms with Gasteiger partial charge in [0, 0.05) is 16.0 Å². The fourth-order valence-electron chi connectivity index (χ4n) is 2.19. The van der Waals surface area contributed by atoms with Crippen molar-refractivity contribution in [2.24, 2.45) is 0 Å². The van der Waals surface area contributed by atoms with Gasteiger partial charge >= 0.3 is 5.97 Å². The molecule has 0 radical (unpaired) electrons. The summed E-state index contributed by atoms with van der Waals surface area (Å²) >= 11 is 8.03. The number of benzene rings is 1. The Hall–Kier alpha value is -2.16. The number of rotatable bonds is 6. The Morgan fingerprint density at radius 2 is 2.00 bits per heavy atom. The van der Waals surface area contributed by atoms with Gasteiger partial charge in [-0.15, -0.1) is 0 Å². The van der Waals surface area contributed by atoms with Crippen molar-refractivity contribution in [1.29, 1.82) is 0 Å². The van der Waals surface area contributed by atoms with Gasteiger partial charge in [0.05, 0.1) is 11.5 Å². The molecule has 0 bridgehead atoms. The number of carbonyl (C=O) groups is 3. The number of hydrogen-bond acceptors (Lipinski definition) is 7. The van der Waals surface area contributed by atoms with Crippen molar-refractivity contribution in [3.8, 4) is 0 Å². The van der Waals surface area contributed by atoms with E-state index < -0.39 is 23.7 Å². The summed E-state index contributed by atoms with van der Waals surface area (Å²) < 4.78 is 10.5. The molecule has 1 aliphatic rings. The van der Waals surface area contributed by atoms with E-state index in [1.165, 1.54) is 17.8 Å². The molecule has 1 fully saturated rings. The fourth-order valence-corrected chi connectivity index (χ4v) is 3.91. The summed E-state index contributed by atoms with van der Waals surface area (Å²) in [6, 6.07) is 10.8. The second-order valence-electron chi connectivity index (χ2n) is 5.29. The minimum atomic E-state index is -0.624. The van der Waals surface area contributed by atoms with Crippen molar-refractivity contribution in [1.82, 2.24) is 4.90 Å². The van der Waals surface area contributed by atoms with Gasteiger partial charge in [-0.3, -0.25) is 19.3 Å². The lowest BCUT2D eigenvalue weighted by atomic mass is 10.3. The van der Waals surface area contributed by atoms with Gasteiger partial charge in [0.15, 0.2) is 5.09 Å². The number of halogens is 1. The molecule has 140 valence electrons. The van der Waals surface area contributed by atoms with Crippen LogP contribution in [0.25, 0.3) is 6.08 Å². The highest BCUT2D eigenvalue weighted by Crippen LogP contribution is 2.34. The van der Waals surface area contributed by atoms with Gasteiger partial charge in [-0.05, 0) is 55.1 Å². The van der Waals surface area contributed by atoms with Crippen LogP contribution in [0.4, 0.5) is 4.79 Å². The quantitative estimate of drug-likeness (QED) is 0.493. The van der Waals surface area contributed by atoms with Crippen LogP contribution in [0.15, 0.2) is 55.7 Å². The van der Waals surface area contributed by atoms with E-state index in [0.717, 1.165) is 21.6 Å². The van der Waals surface area contributed by atoms with Crippen LogP contribution in [-0.2, 0) is 14.3 Å². The Labute approximate surface area is 168 Å². The summed E-state index contributed by atoms with van der Waals surface area (Å²) in [6.07, 6.45) is 1.49. The lowest BCUT2D eigenvalue weighted by molar-refractivity contribution is -0.145. The Bertz CT molecular complexity index is 907. The molecular weight excluding hydrogens is 410 g/mol. The summed E-state index contributed by atoms with van der Waals surface area (Å²) in [5, 5.41) is 0.772. The summed E-state index contributed by atoms with van der Waals surface area (Å²) in [5.74, 6) is -0.727. The monoisotopic (exact) mass is 423 g/mol. The van der Waals surface area contributed by atoms with Gasteiger partial charge in [-0.1, -0.05) is 23.4 Å². The smallest absolute Gasteiger partial charge is 0.326 e. The predicted octanol–water partition coefficient (Wildman–Crippen LogP) is 4.68. The van der Waals surface area contributed by atoms with Gasteiger partial charge in [0.1, 0.15) is 12.3 Å². The number of ether oxygens (including phenoxy) is 1. The third-order valence-electron chi connectivity index (χ3n) is 3.37. The van der Waals surface area contributed by atoms with E-state index in [2.05, 4.69) is 0 Å². The number of hydrogen-bond donors (Lipinski definition) is 0. The largest absolute Gasteiger partial charge is 0.465 e. The highest BCUT2D eigenvalue weighted by molar-refractivity contribution is 8.18. The molecule has 1 saturated heterocycles. The fraction of sp³-hybridized carbons (Fsp3) is 0.167. The third kappa shape index (κ3) is 4.97. The minimum Gasteiger partial charge on any atom is -0.465 e. The summed E-state index contributed by atoms with van der Waals surface area (Å²) in [5.41, 5.74) is 0. The number of carbonyl (C=O) groups excluding carboxylic acids is 3. The van der Waals surface area contributed by atoms with E-state index in [1.807, 2.05) is 12.1 Å². The SMILES string of the molecule is CCOC(=O)CN1C(=O)S/C(=C\c2ccc(Sc3ccc(Cl)cc3)o2)C1=O. The molecule has 6 nitrogen and oxygen atoms in total. The van der Waals surface area contributed by atoms with Gasteiger partial charge < -0.3 is 9.15 Å². The van der Waals surface area contributed by atoms with Crippen molar-refractivity contribution in [2.75, 3.05) is 13.2 Å². The predicted molar refractivity (Wildman–Crippen MR) is 104 cm³/mol. The first-order chi connectivity index (χ1) is 13.0. The van der Waals surface area contributed by atoms with Crippen LogP contribution in [0.2, 0.25) is 5.02 Å². The first-order valence-electron chi connectivity index (χ1n) is 7.90. The van der Waals surface area contributed by atoms with Crippen molar-refractivity contribution >= 4 is 58.3 Å². The van der Waals surface area contributed by atoms with Gasteiger partial charge in [-0.2, -0.15) is 0 Å². The minimum absolute atomic E-state index is 0.186. The molecule has 0 spiro atoms. The molecule has 2 heterocycles. The maximum atomic E-state index is 12.3. The van der Waals surface area contributed by atoms with Crippen molar-refractivity contribution in [3.63, 3.8) is 0 Å². The Morgan fingerprint density at radius 3 is 2.70 bits per heavy atom.